The number of carbonyl (C=O) groups excluding carboxylic acids is 1. The molecule has 0 unspecified atom stereocenters. The Morgan fingerprint density at radius 3 is 2.27 bits per heavy atom. The molecule has 1 saturated carbocycles. The molecule has 0 bridgehead atoms. The fourth-order valence-electron chi connectivity index (χ4n) is 4.06. The zero-order chi connectivity index (χ0) is 15.5. The Labute approximate surface area is 134 Å². The van der Waals surface area contributed by atoms with Crippen LogP contribution in [-0.2, 0) is 4.79 Å². The van der Waals surface area contributed by atoms with Gasteiger partial charge in [0.15, 0.2) is 0 Å². The second kappa shape index (κ2) is 6.85. The van der Waals surface area contributed by atoms with Crippen LogP contribution in [0.1, 0.15) is 67.6 Å². The number of hydrogen-bond acceptors (Lipinski definition) is 1. The molecule has 2 aliphatic rings. The first-order valence-corrected chi connectivity index (χ1v) is 9.01. The minimum Gasteiger partial charge on any atom is -0.342 e. The van der Waals surface area contributed by atoms with Gasteiger partial charge in [-0.1, -0.05) is 37.5 Å². The SMILES string of the molecule is Cc1ccc(C2CCN(C(=O)C3CCCCC3)CC2)cc1C. The Balaban J connectivity index is 1.57. The van der Waals surface area contributed by atoms with Crippen molar-refractivity contribution in [2.45, 2.75) is 64.7 Å². The lowest BCUT2D eigenvalue weighted by atomic mass is 9.85. The number of benzene rings is 1. The molecule has 0 atom stereocenters. The molecule has 2 fully saturated rings. The van der Waals surface area contributed by atoms with Crippen molar-refractivity contribution in [3.63, 3.8) is 0 Å². The Morgan fingerprint density at radius 2 is 1.64 bits per heavy atom. The summed E-state index contributed by atoms with van der Waals surface area (Å²) < 4.78 is 0. The van der Waals surface area contributed by atoms with E-state index in [1.165, 1.54) is 36.0 Å². The van der Waals surface area contributed by atoms with Crippen molar-refractivity contribution >= 4 is 5.91 Å². The number of likely N-dealkylation sites (tertiary alicyclic amines) is 1. The number of carbonyl (C=O) groups is 1. The van der Waals surface area contributed by atoms with Crippen molar-refractivity contribution < 1.29 is 4.79 Å². The Morgan fingerprint density at radius 1 is 0.955 bits per heavy atom. The van der Waals surface area contributed by atoms with Crippen molar-refractivity contribution in [3.05, 3.63) is 34.9 Å². The molecule has 1 aliphatic heterocycles. The number of piperidine rings is 1. The predicted molar refractivity (Wildman–Crippen MR) is 91.0 cm³/mol. The summed E-state index contributed by atoms with van der Waals surface area (Å²) in [6, 6.07) is 6.87. The van der Waals surface area contributed by atoms with Gasteiger partial charge >= 0.3 is 0 Å². The molecule has 1 aliphatic carbocycles. The lowest BCUT2D eigenvalue weighted by molar-refractivity contribution is -0.137. The minimum absolute atomic E-state index is 0.326. The molecule has 1 saturated heterocycles. The minimum atomic E-state index is 0.326. The molecule has 0 spiro atoms. The number of hydrogen-bond donors (Lipinski definition) is 0. The quantitative estimate of drug-likeness (QED) is 0.782. The summed E-state index contributed by atoms with van der Waals surface area (Å²) in [5, 5.41) is 0. The van der Waals surface area contributed by atoms with E-state index in [1.807, 2.05) is 0 Å². The lowest BCUT2D eigenvalue weighted by Gasteiger charge is -2.35. The van der Waals surface area contributed by atoms with Crippen LogP contribution in [0.25, 0.3) is 0 Å². The van der Waals surface area contributed by atoms with Gasteiger partial charge in [0.25, 0.3) is 0 Å². The van der Waals surface area contributed by atoms with Crippen molar-refractivity contribution in [3.8, 4) is 0 Å². The van der Waals surface area contributed by atoms with Crippen molar-refractivity contribution in [2.75, 3.05) is 13.1 Å². The Bertz CT molecular complexity index is 523. The fourth-order valence-corrected chi connectivity index (χ4v) is 4.06. The van der Waals surface area contributed by atoms with Crippen LogP contribution in [0.2, 0.25) is 0 Å². The van der Waals surface area contributed by atoms with Crippen LogP contribution in [-0.4, -0.2) is 23.9 Å². The van der Waals surface area contributed by atoms with Crippen molar-refractivity contribution in [2.24, 2.45) is 5.92 Å². The highest BCUT2D eigenvalue weighted by atomic mass is 16.2. The first-order chi connectivity index (χ1) is 10.6. The van der Waals surface area contributed by atoms with Gasteiger partial charge in [0.2, 0.25) is 5.91 Å². The summed E-state index contributed by atoms with van der Waals surface area (Å²) in [6.07, 6.45) is 8.30. The monoisotopic (exact) mass is 299 g/mol. The summed E-state index contributed by atoms with van der Waals surface area (Å²) >= 11 is 0. The number of nitrogens with zero attached hydrogens (tertiary/aromatic N) is 1. The van der Waals surface area contributed by atoms with E-state index in [0.29, 0.717) is 17.7 Å². The maximum atomic E-state index is 12.6. The highest BCUT2D eigenvalue weighted by Crippen LogP contribution is 2.31. The summed E-state index contributed by atoms with van der Waals surface area (Å²) in [6.45, 7) is 6.27. The van der Waals surface area contributed by atoms with E-state index in [2.05, 4.69) is 36.9 Å². The van der Waals surface area contributed by atoms with Crippen LogP contribution < -0.4 is 0 Å². The van der Waals surface area contributed by atoms with Gasteiger partial charge in [0, 0.05) is 19.0 Å². The smallest absolute Gasteiger partial charge is 0.225 e. The second-order valence-electron chi connectivity index (χ2n) is 7.28. The highest BCUT2D eigenvalue weighted by molar-refractivity contribution is 5.79. The van der Waals surface area contributed by atoms with E-state index in [4.69, 9.17) is 0 Å². The van der Waals surface area contributed by atoms with E-state index in [1.54, 1.807) is 0 Å². The summed E-state index contributed by atoms with van der Waals surface area (Å²) in [4.78, 5) is 14.8. The fraction of sp³-hybridized carbons (Fsp3) is 0.650. The van der Waals surface area contributed by atoms with Crippen LogP contribution in [0.3, 0.4) is 0 Å². The van der Waals surface area contributed by atoms with Gasteiger partial charge in [-0.25, -0.2) is 0 Å². The zero-order valence-electron chi connectivity index (χ0n) is 14.1. The molecule has 2 heteroatoms. The molecule has 22 heavy (non-hydrogen) atoms. The summed E-state index contributed by atoms with van der Waals surface area (Å²) in [5.41, 5.74) is 4.22. The predicted octanol–water partition coefficient (Wildman–Crippen LogP) is 4.59. The molecular formula is C20H29NO. The van der Waals surface area contributed by atoms with Gasteiger partial charge in [0.05, 0.1) is 0 Å². The van der Waals surface area contributed by atoms with Crippen LogP contribution in [0, 0.1) is 19.8 Å². The molecule has 1 aromatic carbocycles. The van der Waals surface area contributed by atoms with E-state index in [9.17, 15) is 4.79 Å². The zero-order valence-corrected chi connectivity index (χ0v) is 14.1. The molecule has 3 rings (SSSR count). The third-order valence-electron chi connectivity index (χ3n) is 5.76. The van der Waals surface area contributed by atoms with Gasteiger partial charge in [0.1, 0.15) is 0 Å². The van der Waals surface area contributed by atoms with Gasteiger partial charge in [-0.2, -0.15) is 0 Å². The molecule has 120 valence electrons. The number of rotatable bonds is 2. The van der Waals surface area contributed by atoms with Crippen molar-refractivity contribution in [1.82, 2.24) is 4.90 Å². The number of aryl methyl sites for hydroxylation is 2. The van der Waals surface area contributed by atoms with Gasteiger partial charge in [-0.15, -0.1) is 0 Å². The largest absolute Gasteiger partial charge is 0.342 e. The average Bonchev–Trinajstić information content (AvgIpc) is 2.58. The van der Waals surface area contributed by atoms with Gasteiger partial charge < -0.3 is 4.90 Å². The summed E-state index contributed by atoms with van der Waals surface area (Å²) in [7, 11) is 0. The first kappa shape index (κ1) is 15.6. The van der Waals surface area contributed by atoms with Crippen LogP contribution >= 0.6 is 0 Å². The topological polar surface area (TPSA) is 20.3 Å². The normalized spacial score (nSPS) is 21.1. The van der Waals surface area contributed by atoms with Crippen LogP contribution in [0.15, 0.2) is 18.2 Å². The molecule has 0 N–H and O–H groups in total. The maximum Gasteiger partial charge on any atom is 0.225 e. The highest BCUT2D eigenvalue weighted by Gasteiger charge is 2.29. The Kier molecular flexibility index (Phi) is 4.85. The molecule has 1 heterocycles. The number of amides is 1. The molecular weight excluding hydrogens is 270 g/mol. The molecule has 0 aromatic heterocycles. The van der Waals surface area contributed by atoms with E-state index >= 15 is 0 Å². The van der Waals surface area contributed by atoms with Crippen molar-refractivity contribution in [1.29, 1.82) is 0 Å². The van der Waals surface area contributed by atoms with Crippen LogP contribution in [0.4, 0.5) is 0 Å². The lowest BCUT2D eigenvalue weighted by Crippen LogP contribution is -2.41. The van der Waals surface area contributed by atoms with Gasteiger partial charge in [-0.05, 0) is 62.1 Å². The standard InChI is InChI=1S/C20H29NO/c1-15-8-9-19(14-16(15)2)17-10-12-21(13-11-17)20(22)18-6-4-3-5-7-18/h8-9,14,17-18H,3-7,10-13H2,1-2H3. The van der Waals surface area contributed by atoms with E-state index < -0.39 is 0 Å². The van der Waals surface area contributed by atoms with Gasteiger partial charge in [-0.3, -0.25) is 4.79 Å². The molecule has 2 nitrogen and oxygen atoms in total. The molecule has 1 amide bonds. The third kappa shape index (κ3) is 3.37. The first-order valence-electron chi connectivity index (χ1n) is 9.01. The third-order valence-corrected chi connectivity index (χ3v) is 5.76. The Hall–Kier alpha value is -1.31. The molecule has 0 radical (unpaired) electrons. The van der Waals surface area contributed by atoms with E-state index in [0.717, 1.165) is 38.8 Å². The van der Waals surface area contributed by atoms with Crippen LogP contribution in [0.5, 0.6) is 0 Å². The molecule has 1 aromatic rings. The maximum absolute atomic E-state index is 12.6. The summed E-state index contributed by atoms with van der Waals surface area (Å²) in [5.74, 6) is 1.40. The van der Waals surface area contributed by atoms with E-state index in [-0.39, 0.29) is 0 Å². The average molecular weight is 299 g/mol. The second-order valence-corrected chi connectivity index (χ2v) is 7.28.